The van der Waals surface area contributed by atoms with Crippen LogP contribution in [0.25, 0.3) is 0 Å². The summed E-state index contributed by atoms with van der Waals surface area (Å²) in [6.07, 6.45) is 7.06. The summed E-state index contributed by atoms with van der Waals surface area (Å²) in [5.41, 5.74) is 0.0493. The standard InChI is InChI=1S/C14H18ClFN2O/c15-7-10-3-1-2-4-11(10)8-18-14(19)12-5-6-17-9-13(12)16/h5-6,9-11H,1-4,7-8H2,(H,18,19). The average molecular weight is 285 g/mol. The smallest absolute Gasteiger partial charge is 0.254 e. The molecule has 2 atom stereocenters. The molecule has 19 heavy (non-hydrogen) atoms. The molecule has 0 bridgehead atoms. The number of aromatic nitrogens is 1. The minimum Gasteiger partial charge on any atom is -0.352 e. The highest BCUT2D eigenvalue weighted by molar-refractivity contribution is 6.18. The van der Waals surface area contributed by atoms with Crippen LogP contribution in [0.3, 0.4) is 0 Å². The van der Waals surface area contributed by atoms with Crippen molar-refractivity contribution >= 4 is 17.5 Å². The molecule has 1 saturated carbocycles. The van der Waals surface area contributed by atoms with Crippen LogP contribution >= 0.6 is 11.6 Å². The third kappa shape index (κ3) is 3.66. The van der Waals surface area contributed by atoms with Crippen molar-refractivity contribution in [3.8, 4) is 0 Å². The van der Waals surface area contributed by atoms with Gasteiger partial charge in [-0.3, -0.25) is 9.78 Å². The molecule has 3 nitrogen and oxygen atoms in total. The Balaban J connectivity index is 1.91. The number of halogens is 2. The van der Waals surface area contributed by atoms with Crippen LogP contribution < -0.4 is 5.32 Å². The van der Waals surface area contributed by atoms with Gasteiger partial charge in [-0.1, -0.05) is 12.8 Å². The largest absolute Gasteiger partial charge is 0.352 e. The molecule has 1 aliphatic carbocycles. The molecule has 1 aromatic rings. The zero-order chi connectivity index (χ0) is 13.7. The fraction of sp³-hybridized carbons (Fsp3) is 0.571. The summed E-state index contributed by atoms with van der Waals surface area (Å²) < 4.78 is 13.4. The maximum atomic E-state index is 13.4. The molecule has 0 saturated heterocycles. The van der Waals surface area contributed by atoms with Crippen LogP contribution in [0, 0.1) is 17.7 Å². The van der Waals surface area contributed by atoms with E-state index in [1.165, 1.54) is 25.1 Å². The highest BCUT2D eigenvalue weighted by Gasteiger charge is 2.25. The monoisotopic (exact) mass is 284 g/mol. The molecule has 1 aliphatic rings. The van der Waals surface area contributed by atoms with Gasteiger partial charge in [0.2, 0.25) is 0 Å². The lowest BCUT2D eigenvalue weighted by Crippen LogP contribution is -2.35. The van der Waals surface area contributed by atoms with Gasteiger partial charge in [0.05, 0.1) is 11.8 Å². The Hall–Kier alpha value is -1.16. The maximum Gasteiger partial charge on any atom is 0.254 e. The van der Waals surface area contributed by atoms with E-state index in [4.69, 9.17) is 11.6 Å². The Morgan fingerprint density at radius 1 is 1.42 bits per heavy atom. The summed E-state index contributed by atoms with van der Waals surface area (Å²) in [5.74, 6) is 0.527. The van der Waals surface area contributed by atoms with Gasteiger partial charge in [0.25, 0.3) is 5.91 Å². The zero-order valence-electron chi connectivity index (χ0n) is 10.7. The van der Waals surface area contributed by atoms with Crippen molar-refractivity contribution in [2.45, 2.75) is 25.7 Å². The topological polar surface area (TPSA) is 42.0 Å². The van der Waals surface area contributed by atoms with Crippen molar-refractivity contribution in [1.29, 1.82) is 0 Å². The number of amides is 1. The van der Waals surface area contributed by atoms with E-state index in [1.807, 2.05) is 0 Å². The lowest BCUT2D eigenvalue weighted by atomic mass is 9.80. The van der Waals surface area contributed by atoms with Gasteiger partial charge in [0.1, 0.15) is 0 Å². The molecule has 2 unspecified atom stereocenters. The number of alkyl halides is 1. The van der Waals surface area contributed by atoms with Gasteiger partial charge in [0, 0.05) is 18.6 Å². The van der Waals surface area contributed by atoms with Gasteiger partial charge in [-0.05, 0) is 30.7 Å². The Kier molecular flexibility index (Phi) is 5.14. The quantitative estimate of drug-likeness (QED) is 0.864. The minimum absolute atomic E-state index is 0.0493. The predicted octanol–water partition coefficient (Wildman–Crippen LogP) is 3.00. The van der Waals surface area contributed by atoms with Gasteiger partial charge in [-0.15, -0.1) is 11.6 Å². The Morgan fingerprint density at radius 2 is 2.16 bits per heavy atom. The second kappa shape index (κ2) is 6.85. The molecule has 0 aliphatic heterocycles. The van der Waals surface area contributed by atoms with Crippen LogP contribution in [0.2, 0.25) is 0 Å². The molecular formula is C14H18ClFN2O. The fourth-order valence-electron chi connectivity index (χ4n) is 2.63. The number of hydrogen-bond donors (Lipinski definition) is 1. The number of pyridine rings is 1. The summed E-state index contributed by atoms with van der Waals surface area (Å²) in [6.45, 7) is 0.567. The molecule has 2 rings (SSSR count). The minimum atomic E-state index is -0.586. The normalized spacial score (nSPS) is 23.1. The van der Waals surface area contributed by atoms with E-state index < -0.39 is 5.82 Å². The summed E-state index contributed by atoms with van der Waals surface area (Å²) in [4.78, 5) is 15.5. The number of nitrogens with one attached hydrogen (secondary N) is 1. The van der Waals surface area contributed by atoms with Crippen LogP contribution in [-0.2, 0) is 0 Å². The van der Waals surface area contributed by atoms with Crippen LogP contribution in [0.1, 0.15) is 36.0 Å². The Bertz CT molecular complexity index is 441. The molecule has 1 fully saturated rings. The van der Waals surface area contributed by atoms with Crippen LogP contribution in [-0.4, -0.2) is 23.3 Å². The van der Waals surface area contributed by atoms with E-state index in [9.17, 15) is 9.18 Å². The van der Waals surface area contributed by atoms with E-state index >= 15 is 0 Å². The number of hydrogen-bond acceptors (Lipinski definition) is 2. The van der Waals surface area contributed by atoms with E-state index in [0.29, 0.717) is 24.3 Å². The second-order valence-electron chi connectivity index (χ2n) is 5.02. The first kappa shape index (κ1) is 14.3. The second-order valence-corrected chi connectivity index (χ2v) is 5.33. The summed E-state index contributed by atoms with van der Waals surface area (Å²) in [7, 11) is 0. The average Bonchev–Trinajstić information content (AvgIpc) is 2.45. The predicted molar refractivity (Wildman–Crippen MR) is 72.7 cm³/mol. The molecular weight excluding hydrogens is 267 g/mol. The van der Waals surface area contributed by atoms with E-state index in [2.05, 4.69) is 10.3 Å². The first-order valence-electron chi connectivity index (χ1n) is 6.66. The van der Waals surface area contributed by atoms with Crippen LogP contribution in [0.4, 0.5) is 4.39 Å². The highest BCUT2D eigenvalue weighted by Crippen LogP contribution is 2.30. The molecule has 0 radical (unpaired) electrons. The first-order chi connectivity index (χ1) is 9.22. The molecule has 1 amide bonds. The van der Waals surface area contributed by atoms with Crippen LogP contribution in [0.15, 0.2) is 18.5 Å². The highest BCUT2D eigenvalue weighted by atomic mass is 35.5. The molecule has 104 valence electrons. The molecule has 5 heteroatoms. The summed E-state index contributed by atoms with van der Waals surface area (Å²) >= 11 is 5.95. The van der Waals surface area contributed by atoms with Gasteiger partial charge in [-0.2, -0.15) is 0 Å². The number of nitrogens with zero attached hydrogens (tertiary/aromatic N) is 1. The third-order valence-corrected chi connectivity index (χ3v) is 4.20. The number of carbonyl (C=O) groups is 1. The Morgan fingerprint density at radius 3 is 2.84 bits per heavy atom. The molecule has 1 N–H and O–H groups in total. The number of rotatable bonds is 4. The summed E-state index contributed by atoms with van der Waals surface area (Å²) in [5, 5.41) is 2.81. The lowest BCUT2D eigenvalue weighted by molar-refractivity contribution is 0.0932. The van der Waals surface area contributed by atoms with Crippen molar-refractivity contribution in [2.75, 3.05) is 12.4 Å². The van der Waals surface area contributed by atoms with E-state index in [1.54, 1.807) is 0 Å². The molecule has 0 spiro atoms. The van der Waals surface area contributed by atoms with Gasteiger partial charge in [-0.25, -0.2) is 4.39 Å². The van der Waals surface area contributed by atoms with Gasteiger partial charge < -0.3 is 5.32 Å². The lowest BCUT2D eigenvalue weighted by Gasteiger charge is -2.30. The van der Waals surface area contributed by atoms with Crippen molar-refractivity contribution in [2.24, 2.45) is 11.8 Å². The van der Waals surface area contributed by atoms with Gasteiger partial charge in [0.15, 0.2) is 5.82 Å². The Labute approximate surface area is 117 Å². The van der Waals surface area contributed by atoms with Crippen molar-refractivity contribution in [3.63, 3.8) is 0 Å². The fourth-order valence-corrected chi connectivity index (χ4v) is 3.04. The molecule has 0 aromatic carbocycles. The van der Waals surface area contributed by atoms with Gasteiger partial charge >= 0.3 is 0 Å². The van der Waals surface area contributed by atoms with E-state index in [-0.39, 0.29) is 11.5 Å². The zero-order valence-corrected chi connectivity index (χ0v) is 11.5. The third-order valence-electron chi connectivity index (χ3n) is 3.81. The number of carbonyl (C=O) groups excluding carboxylic acids is 1. The SMILES string of the molecule is O=C(NCC1CCCCC1CCl)c1ccncc1F. The van der Waals surface area contributed by atoms with E-state index in [0.717, 1.165) is 19.0 Å². The molecule has 1 aromatic heterocycles. The van der Waals surface area contributed by atoms with Crippen molar-refractivity contribution in [3.05, 3.63) is 29.8 Å². The maximum absolute atomic E-state index is 13.4. The van der Waals surface area contributed by atoms with Crippen molar-refractivity contribution in [1.82, 2.24) is 10.3 Å². The van der Waals surface area contributed by atoms with Crippen molar-refractivity contribution < 1.29 is 9.18 Å². The van der Waals surface area contributed by atoms with Crippen LogP contribution in [0.5, 0.6) is 0 Å². The summed E-state index contributed by atoms with van der Waals surface area (Å²) in [6, 6.07) is 1.39. The molecule has 1 heterocycles. The first-order valence-corrected chi connectivity index (χ1v) is 7.19.